The van der Waals surface area contributed by atoms with Gasteiger partial charge in [0, 0.05) is 19.1 Å². The predicted octanol–water partition coefficient (Wildman–Crippen LogP) is 1.93. The molecule has 0 aromatic heterocycles. The van der Waals surface area contributed by atoms with Crippen LogP contribution in [0.5, 0.6) is 0 Å². The van der Waals surface area contributed by atoms with Gasteiger partial charge in [-0.25, -0.2) is 4.79 Å². The lowest BCUT2D eigenvalue weighted by atomic mass is 10.1. The van der Waals surface area contributed by atoms with Crippen molar-refractivity contribution in [3.05, 3.63) is 11.6 Å². The average molecular weight is 283 g/mol. The molecule has 0 radical (unpaired) electrons. The molecule has 20 heavy (non-hydrogen) atoms. The fourth-order valence-electron chi connectivity index (χ4n) is 2.16. The monoisotopic (exact) mass is 283 g/mol. The van der Waals surface area contributed by atoms with E-state index in [0.717, 1.165) is 13.0 Å². The summed E-state index contributed by atoms with van der Waals surface area (Å²) < 4.78 is 5.19. The van der Waals surface area contributed by atoms with Gasteiger partial charge in [0.05, 0.1) is 0 Å². The molecule has 0 aromatic rings. The summed E-state index contributed by atoms with van der Waals surface area (Å²) in [4.78, 5) is 11.6. The first-order valence-corrected chi connectivity index (χ1v) is 7.49. The zero-order chi connectivity index (χ0) is 15.0. The zero-order valence-electron chi connectivity index (χ0n) is 13.0. The molecule has 0 aliphatic heterocycles. The molecule has 1 amide bonds. The molecule has 0 saturated heterocycles. The number of hydrogen-bond acceptors (Lipinski definition) is 4. The summed E-state index contributed by atoms with van der Waals surface area (Å²) in [5.74, 6) is 0. The number of alkyl carbamates (subject to hydrolysis) is 1. The van der Waals surface area contributed by atoms with Crippen molar-refractivity contribution in [2.45, 2.75) is 58.1 Å². The van der Waals surface area contributed by atoms with E-state index in [1.54, 1.807) is 0 Å². The Morgan fingerprint density at radius 2 is 2.25 bits per heavy atom. The highest BCUT2D eigenvalue weighted by Gasteiger charge is 2.17. The van der Waals surface area contributed by atoms with Crippen molar-refractivity contribution in [3.8, 4) is 0 Å². The van der Waals surface area contributed by atoms with Crippen molar-refractivity contribution < 1.29 is 9.53 Å². The van der Waals surface area contributed by atoms with Crippen molar-refractivity contribution >= 4 is 6.09 Å². The molecule has 1 unspecified atom stereocenters. The molecule has 0 fully saturated rings. The summed E-state index contributed by atoms with van der Waals surface area (Å²) in [5, 5.41) is 6.13. The van der Waals surface area contributed by atoms with Gasteiger partial charge < -0.3 is 21.1 Å². The Bertz CT molecular complexity index is 335. The summed E-state index contributed by atoms with van der Waals surface area (Å²) in [6.45, 7) is 7.44. The van der Waals surface area contributed by atoms with E-state index < -0.39 is 11.7 Å². The van der Waals surface area contributed by atoms with Crippen LogP contribution >= 0.6 is 0 Å². The second kappa shape index (κ2) is 8.27. The Labute approximate surface area is 122 Å². The van der Waals surface area contributed by atoms with E-state index in [9.17, 15) is 4.79 Å². The van der Waals surface area contributed by atoms with Crippen molar-refractivity contribution in [2.75, 3.05) is 19.6 Å². The number of allylic oxidation sites excluding steroid dienone is 1. The smallest absolute Gasteiger partial charge is 0.407 e. The molecular weight excluding hydrogens is 254 g/mol. The second-order valence-electron chi connectivity index (χ2n) is 6.27. The van der Waals surface area contributed by atoms with Crippen LogP contribution in [0.4, 0.5) is 4.79 Å². The maximum Gasteiger partial charge on any atom is 0.407 e. The van der Waals surface area contributed by atoms with Gasteiger partial charge in [0.1, 0.15) is 5.60 Å². The number of amides is 1. The molecule has 1 aliphatic rings. The van der Waals surface area contributed by atoms with Crippen LogP contribution in [0.2, 0.25) is 0 Å². The van der Waals surface area contributed by atoms with E-state index in [4.69, 9.17) is 10.5 Å². The van der Waals surface area contributed by atoms with E-state index in [1.807, 2.05) is 20.8 Å². The number of rotatable bonds is 7. The van der Waals surface area contributed by atoms with Crippen molar-refractivity contribution in [1.82, 2.24) is 10.6 Å². The number of carbonyl (C=O) groups excluding carboxylic acids is 1. The van der Waals surface area contributed by atoms with Crippen molar-refractivity contribution in [3.63, 3.8) is 0 Å². The van der Waals surface area contributed by atoms with Gasteiger partial charge in [0.2, 0.25) is 0 Å². The molecule has 0 bridgehead atoms. The van der Waals surface area contributed by atoms with Crippen molar-refractivity contribution in [2.24, 2.45) is 5.73 Å². The van der Waals surface area contributed by atoms with E-state index in [-0.39, 0.29) is 6.04 Å². The third-order valence-electron chi connectivity index (χ3n) is 3.19. The normalized spacial score (nSPS) is 16.7. The third-order valence-corrected chi connectivity index (χ3v) is 3.19. The van der Waals surface area contributed by atoms with Gasteiger partial charge in [-0.2, -0.15) is 0 Å². The summed E-state index contributed by atoms with van der Waals surface area (Å²) in [7, 11) is 0. The van der Waals surface area contributed by atoms with Crippen LogP contribution in [-0.4, -0.2) is 37.4 Å². The van der Waals surface area contributed by atoms with Crippen LogP contribution in [0.15, 0.2) is 11.6 Å². The van der Waals surface area contributed by atoms with Gasteiger partial charge in [0.15, 0.2) is 0 Å². The Morgan fingerprint density at radius 3 is 2.80 bits per heavy atom. The highest BCUT2D eigenvalue weighted by atomic mass is 16.6. The minimum atomic E-state index is -0.468. The Morgan fingerprint density at radius 1 is 1.50 bits per heavy atom. The lowest BCUT2D eigenvalue weighted by Crippen LogP contribution is -2.46. The molecule has 1 rings (SSSR count). The Hall–Kier alpha value is -1.07. The molecule has 4 N–H and O–H groups in total. The van der Waals surface area contributed by atoms with Gasteiger partial charge in [-0.3, -0.25) is 0 Å². The van der Waals surface area contributed by atoms with Gasteiger partial charge in [-0.05, 0) is 53.0 Å². The van der Waals surface area contributed by atoms with E-state index >= 15 is 0 Å². The molecule has 0 spiro atoms. The van der Waals surface area contributed by atoms with Crippen LogP contribution in [0, 0.1) is 0 Å². The predicted molar refractivity (Wildman–Crippen MR) is 81.6 cm³/mol. The van der Waals surface area contributed by atoms with Gasteiger partial charge >= 0.3 is 6.09 Å². The van der Waals surface area contributed by atoms with Crippen LogP contribution in [0.1, 0.15) is 46.5 Å². The summed E-state index contributed by atoms with van der Waals surface area (Å²) in [5.41, 5.74) is 6.78. The lowest BCUT2D eigenvalue weighted by molar-refractivity contribution is 0.0523. The highest BCUT2D eigenvalue weighted by Crippen LogP contribution is 2.19. The lowest BCUT2D eigenvalue weighted by Gasteiger charge is -2.22. The van der Waals surface area contributed by atoms with Crippen molar-refractivity contribution in [1.29, 1.82) is 0 Å². The largest absolute Gasteiger partial charge is 0.444 e. The van der Waals surface area contributed by atoms with E-state index in [0.29, 0.717) is 13.1 Å². The second-order valence-corrected chi connectivity index (χ2v) is 6.27. The summed E-state index contributed by atoms with van der Waals surface area (Å²) in [6, 6.07) is 0.0875. The summed E-state index contributed by atoms with van der Waals surface area (Å²) in [6.07, 6.45) is 6.74. The molecular formula is C15H29N3O2. The SMILES string of the molecule is CC(C)(C)OC(=O)NCC(CN)NCCC1=CCCC1. The van der Waals surface area contributed by atoms with Gasteiger partial charge in [-0.1, -0.05) is 11.6 Å². The maximum absolute atomic E-state index is 11.6. The molecule has 1 atom stereocenters. The number of carbonyl (C=O) groups is 1. The number of hydrogen-bond donors (Lipinski definition) is 3. The molecule has 0 aromatic carbocycles. The van der Waals surface area contributed by atoms with Crippen LogP contribution in [-0.2, 0) is 4.74 Å². The topological polar surface area (TPSA) is 76.4 Å². The molecule has 116 valence electrons. The molecule has 0 saturated carbocycles. The van der Waals surface area contributed by atoms with Gasteiger partial charge in [0.25, 0.3) is 0 Å². The first-order chi connectivity index (χ1) is 9.40. The quantitative estimate of drug-likeness (QED) is 0.624. The Kier molecular flexibility index (Phi) is 7.02. The molecule has 0 heterocycles. The van der Waals surface area contributed by atoms with E-state index in [1.165, 1.54) is 24.8 Å². The molecule has 5 nitrogen and oxygen atoms in total. The number of nitrogens with two attached hydrogens (primary N) is 1. The number of ether oxygens (including phenoxy) is 1. The van der Waals surface area contributed by atoms with Crippen LogP contribution < -0.4 is 16.4 Å². The molecule has 1 aliphatic carbocycles. The third kappa shape index (κ3) is 7.50. The molecule has 5 heteroatoms. The minimum absolute atomic E-state index is 0.0875. The standard InChI is InChI=1S/C15H29N3O2/c1-15(2,3)20-14(19)18-11-13(10-16)17-9-8-12-6-4-5-7-12/h6,13,17H,4-5,7-11,16H2,1-3H3,(H,18,19). The van der Waals surface area contributed by atoms with Crippen LogP contribution in [0.3, 0.4) is 0 Å². The fourth-order valence-corrected chi connectivity index (χ4v) is 2.16. The summed E-state index contributed by atoms with van der Waals surface area (Å²) >= 11 is 0. The number of nitrogens with one attached hydrogen (secondary N) is 2. The zero-order valence-corrected chi connectivity index (χ0v) is 13.0. The first-order valence-electron chi connectivity index (χ1n) is 7.49. The maximum atomic E-state index is 11.6. The fraction of sp³-hybridized carbons (Fsp3) is 0.800. The van der Waals surface area contributed by atoms with Crippen LogP contribution in [0.25, 0.3) is 0 Å². The van der Waals surface area contributed by atoms with Gasteiger partial charge in [-0.15, -0.1) is 0 Å². The highest BCUT2D eigenvalue weighted by molar-refractivity contribution is 5.67. The average Bonchev–Trinajstić information content (AvgIpc) is 2.84. The Balaban J connectivity index is 2.16. The van der Waals surface area contributed by atoms with E-state index in [2.05, 4.69) is 16.7 Å². The first kappa shape index (κ1) is 17.0. The minimum Gasteiger partial charge on any atom is -0.444 e.